The molecule has 0 saturated carbocycles. The number of aliphatic imine (C=N–C) groups is 1. The molecule has 0 aromatic heterocycles. The van der Waals surface area contributed by atoms with Crippen molar-refractivity contribution in [1.82, 2.24) is 4.90 Å². The summed E-state index contributed by atoms with van der Waals surface area (Å²) in [7, 11) is -4.00. The number of hydrogen-bond donors (Lipinski definition) is 0. The van der Waals surface area contributed by atoms with Crippen molar-refractivity contribution in [3.05, 3.63) is 95.4 Å². The molecule has 0 radical (unpaired) electrons. The highest BCUT2D eigenvalue weighted by Crippen LogP contribution is 2.33. The van der Waals surface area contributed by atoms with E-state index in [1.54, 1.807) is 48.5 Å². The van der Waals surface area contributed by atoms with E-state index in [0.29, 0.717) is 15.6 Å². The van der Waals surface area contributed by atoms with E-state index < -0.39 is 10.1 Å². The number of carbonyl (C=O) groups excluding carboxylic acids is 1. The Labute approximate surface area is 208 Å². The summed E-state index contributed by atoms with van der Waals surface area (Å²) in [5.74, 6) is -0.182. The van der Waals surface area contributed by atoms with Crippen molar-refractivity contribution in [2.24, 2.45) is 4.99 Å². The molecule has 178 valence electrons. The number of para-hydroxylation sites is 2. The summed E-state index contributed by atoms with van der Waals surface area (Å²) in [5.41, 5.74) is 1.68. The lowest BCUT2D eigenvalue weighted by Gasteiger charge is -2.36. The second kappa shape index (κ2) is 9.97. The van der Waals surface area contributed by atoms with Crippen molar-refractivity contribution in [3.63, 3.8) is 0 Å². The number of amidine groups is 1. The Bertz CT molecular complexity index is 1380. The number of piperazine rings is 1. The van der Waals surface area contributed by atoms with Gasteiger partial charge in [0.2, 0.25) is 0 Å². The predicted octanol–water partition coefficient (Wildman–Crippen LogP) is 4.25. The topological polar surface area (TPSA) is 79.3 Å². The molecule has 0 aliphatic carbocycles. The van der Waals surface area contributed by atoms with Crippen LogP contribution in [0.2, 0.25) is 0 Å². The van der Waals surface area contributed by atoms with Crippen LogP contribution in [-0.2, 0) is 14.9 Å². The number of benzene rings is 3. The zero-order valence-electron chi connectivity index (χ0n) is 18.8. The average molecular weight is 506 g/mol. The highest BCUT2D eigenvalue weighted by molar-refractivity contribution is 8.18. The number of nitrogens with zero attached hydrogens (tertiary/aromatic N) is 3. The van der Waals surface area contributed by atoms with Gasteiger partial charge in [-0.05, 0) is 48.2 Å². The summed E-state index contributed by atoms with van der Waals surface area (Å²) in [6, 6.07) is 25.0. The van der Waals surface area contributed by atoms with Crippen LogP contribution in [0, 0.1) is 0 Å². The van der Waals surface area contributed by atoms with E-state index in [4.69, 9.17) is 4.18 Å². The Kier molecular flexibility index (Phi) is 6.61. The molecule has 0 bridgehead atoms. The van der Waals surface area contributed by atoms with Crippen molar-refractivity contribution >= 4 is 44.7 Å². The molecule has 2 aliphatic heterocycles. The third-order valence-electron chi connectivity index (χ3n) is 5.72. The van der Waals surface area contributed by atoms with Crippen molar-refractivity contribution in [2.45, 2.75) is 4.90 Å². The maximum Gasteiger partial charge on any atom is 0.339 e. The standard InChI is InChI=1S/C26H23N3O4S2/c30-25-24(34-26(27-25)29-17-15-28(16-18-29)21-10-3-1-4-11-21)19-20-9-7-8-14-23(20)33-35(31,32)22-12-5-2-6-13-22/h1-14,19H,15-18H2/b24-19-. The smallest absolute Gasteiger partial charge is 0.339 e. The Morgan fingerprint density at radius 2 is 1.40 bits per heavy atom. The molecule has 0 N–H and O–H groups in total. The summed E-state index contributed by atoms with van der Waals surface area (Å²) in [5, 5.41) is 0.671. The fourth-order valence-electron chi connectivity index (χ4n) is 3.90. The Morgan fingerprint density at radius 1 is 0.800 bits per heavy atom. The first kappa shape index (κ1) is 23.2. The van der Waals surface area contributed by atoms with Gasteiger partial charge in [-0.3, -0.25) is 4.79 Å². The summed E-state index contributed by atoms with van der Waals surface area (Å²) in [4.78, 5) is 21.8. The molecule has 0 atom stereocenters. The van der Waals surface area contributed by atoms with Gasteiger partial charge in [-0.15, -0.1) is 0 Å². The quantitative estimate of drug-likeness (QED) is 0.379. The molecule has 2 heterocycles. The van der Waals surface area contributed by atoms with Crippen LogP contribution in [0.15, 0.2) is 99.7 Å². The van der Waals surface area contributed by atoms with E-state index in [2.05, 4.69) is 26.9 Å². The van der Waals surface area contributed by atoms with Crippen LogP contribution in [0.1, 0.15) is 5.56 Å². The Morgan fingerprint density at radius 3 is 2.11 bits per heavy atom. The number of amides is 1. The van der Waals surface area contributed by atoms with Crippen molar-refractivity contribution in [3.8, 4) is 5.75 Å². The van der Waals surface area contributed by atoms with Crippen molar-refractivity contribution < 1.29 is 17.4 Å². The van der Waals surface area contributed by atoms with Crippen LogP contribution >= 0.6 is 11.8 Å². The molecule has 3 aromatic rings. The van der Waals surface area contributed by atoms with Crippen LogP contribution in [0.4, 0.5) is 5.69 Å². The zero-order valence-corrected chi connectivity index (χ0v) is 20.4. The molecule has 3 aromatic carbocycles. The SMILES string of the molecule is O=C1N=C(N2CCN(c3ccccc3)CC2)S/C1=C\c1ccccc1OS(=O)(=O)c1ccccc1. The van der Waals surface area contributed by atoms with Crippen LogP contribution in [0.25, 0.3) is 6.08 Å². The minimum Gasteiger partial charge on any atom is -0.378 e. The molecule has 1 saturated heterocycles. The molecular formula is C26H23N3O4S2. The monoisotopic (exact) mass is 505 g/mol. The van der Waals surface area contributed by atoms with Gasteiger partial charge in [0.05, 0.1) is 4.91 Å². The van der Waals surface area contributed by atoms with Crippen LogP contribution in [0.3, 0.4) is 0 Å². The second-order valence-electron chi connectivity index (χ2n) is 8.01. The molecule has 5 rings (SSSR count). The summed E-state index contributed by atoms with van der Waals surface area (Å²) >= 11 is 1.30. The fraction of sp³-hybridized carbons (Fsp3) is 0.154. The first-order chi connectivity index (χ1) is 17.0. The maximum atomic E-state index is 12.7. The number of thioether (sulfide) groups is 1. The normalized spacial score (nSPS) is 17.5. The van der Waals surface area contributed by atoms with Crippen molar-refractivity contribution in [2.75, 3.05) is 31.1 Å². The molecule has 2 aliphatic rings. The summed E-state index contributed by atoms with van der Waals surface area (Å²) < 4.78 is 30.8. The highest BCUT2D eigenvalue weighted by Gasteiger charge is 2.29. The fourth-order valence-corrected chi connectivity index (χ4v) is 5.83. The maximum absolute atomic E-state index is 12.7. The van der Waals surface area contributed by atoms with E-state index in [0.717, 1.165) is 26.2 Å². The van der Waals surface area contributed by atoms with Crippen LogP contribution < -0.4 is 9.08 Å². The van der Waals surface area contributed by atoms with Gasteiger partial charge in [-0.1, -0.05) is 54.6 Å². The van der Waals surface area contributed by atoms with Gasteiger partial charge in [0, 0.05) is 37.4 Å². The van der Waals surface area contributed by atoms with Gasteiger partial charge in [-0.2, -0.15) is 13.4 Å². The van der Waals surface area contributed by atoms with Gasteiger partial charge in [0.25, 0.3) is 5.91 Å². The van der Waals surface area contributed by atoms with E-state index in [1.165, 1.54) is 29.6 Å². The predicted molar refractivity (Wildman–Crippen MR) is 139 cm³/mol. The number of carbonyl (C=O) groups is 1. The minimum absolute atomic E-state index is 0.0639. The lowest BCUT2D eigenvalue weighted by molar-refractivity contribution is -0.113. The molecule has 0 spiro atoms. The lowest BCUT2D eigenvalue weighted by Crippen LogP contribution is -2.47. The molecule has 7 nitrogen and oxygen atoms in total. The Balaban J connectivity index is 1.29. The number of hydrogen-bond acceptors (Lipinski definition) is 7. The summed E-state index contributed by atoms with van der Waals surface area (Å²) in [6.07, 6.45) is 1.64. The lowest BCUT2D eigenvalue weighted by atomic mass is 10.2. The van der Waals surface area contributed by atoms with Crippen molar-refractivity contribution in [1.29, 1.82) is 0 Å². The largest absolute Gasteiger partial charge is 0.378 e. The van der Waals surface area contributed by atoms with E-state index in [1.807, 2.05) is 18.2 Å². The van der Waals surface area contributed by atoms with Gasteiger partial charge >= 0.3 is 10.1 Å². The molecule has 0 unspecified atom stereocenters. The molecule has 9 heteroatoms. The number of anilines is 1. The third-order valence-corrected chi connectivity index (χ3v) is 8.01. The van der Waals surface area contributed by atoms with E-state index in [-0.39, 0.29) is 16.6 Å². The van der Waals surface area contributed by atoms with Gasteiger partial charge in [0.1, 0.15) is 10.6 Å². The molecule has 1 amide bonds. The van der Waals surface area contributed by atoms with Gasteiger partial charge in [0.15, 0.2) is 5.17 Å². The number of rotatable bonds is 5. The molecule has 35 heavy (non-hydrogen) atoms. The van der Waals surface area contributed by atoms with Crippen LogP contribution in [-0.4, -0.2) is 50.6 Å². The molecule has 1 fully saturated rings. The average Bonchev–Trinajstić information content (AvgIpc) is 3.26. The molecular weight excluding hydrogens is 482 g/mol. The van der Waals surface area contributed by atoms with Gasteiger partial charge in [-0.25, -0.2) is 0 Å². The second-order valence-corrected chi connectivity index (χ2v) is 10.6. The van der Waals surface area contributed by atoms with Crippen LogP contribution in [0.5, 0.6) is 5.75 Å². The highest BCUT2D eigenvalue weighted by atomic mass is 32.2. The Hall–Kier alpha value is -3.56. The zero-order chi connectivity index (χ0) is 24.3. The third kappa shape index (κ3) is 5.26. The minimum atomic E-state index is -4.00. The first-order valence-electron chi connectivity index (χ1n) is 11.2. The van der Waals surface area contributed by atoms with Gasteiger partial charge < -0.3 is 14.0 Å². The van der Waals surface area contributed by atoms with E-state index in [9.17, 15) is 13.2 Å². The summed E-state index contributed by atoms with van der Waals surface area (Å²) in [6.45, 7) is 3.20. The van der Waals surface area contributed by atoms with E-state index >= 15 is 0 Å². The first-order valence-corrected chi connectivity index (χ1v) is 13.4.